The highest BCUT2D eigenvalue weighted by Gasteiger charge is 2.34. The minimum absolute atomic E-state index is 0.0296. The largest absolute Gasteiger partial charge is 0.309 e. The first kappa shape index (κ1) is 38.6. The quantitative estimate of drug-likeness (QED) is 0.153. The zero-order valence-electron chi connectivity index (χ0n) is 38.5. The molecule has 71 heavy (non-hydrogen) atoms. The first-order valence-corrected chi connectivity index (χ1v) is 24.6. The maximum atomic E-state index is 2.54. The summed E-state index contributed by atoms with van der Waals surface area (Å²) in [4.78, 5) is 0. The van der Waals surface area contributed by atoms with Gasteiger partial charge < -0.3 is 18.3 Å². The van der Waals surface area contributed by atoms with E-state index < -0.39 is 0 Å². The van der Waals surface area contributed by atoms with Crippen molar-refractivity contribution < 1.29 is 0 Å². The van der Waals surface area contributed by atoms with E-state index >= 15 is 0 Å². The van der Waals surface area contributed by atoms with E-state index in [0.717, 1.165) is 22.7 Å². The van der Waals surface area contributed by atoms with E-state index in [1.165, 1.54) is 115 Å². The maximum absolute atomic E-state index is 2.54. The van der Waals surface area contributed by atoms with Crippen molar-refractivity contribution in [2.75, 3.05) is 0 Å². The van der Waals surface area contributed by atoms with Crippen molar-refractivity contribution in [2.24, 2.45) is 0 Å². The summed E-state index contributed by atoms with van der Waals surface area (Å²) in [5, 5.41) is 9.94. The molecule has 0 atom stereocenters. The van der Waals surface area contributed by atoms with Gasteiger partial charge in [0.05, 0.1) is 44.1 Å². The average molecular weight is 901 g/mol. The lowest BCUT2D eigenvalue weighted by Gasteiger charge is -2.18. The summed E-state index contributed by atoms with van der Waals surface area (Å²) < 4.78 is 10.0. The molecule has 0 amide bonds. The molecule has 15 aromatic rings. The second kappa shape index (κ2) is 14.6. The van der Waals surface area contributed by atoms with Gasteiger partial charge in [-0.15, -0.1) is 0 Å². The van der Waals surface area contributed by atoms with E-state index in [1.54, 1.807) is 0 Å². The van der Waals surface area contributed by atoms with E-state index in [9.17, 15) is 0 Å². The molecule has 0 spiro atoms. The molecular weight excluding hydrogens is 860 g/mol. The van der Waals surface area contributed by atoms with Crippen LogP contribution < -0.4 is 16.4 Å². The van der Waals surface area contributed by atoms with Gasteiger partial charge in [0.25, 0.3) is 0 Å². The molecule has 1 aliphatic rings. The van der Waals surface area contributed by atoms with Gasteiger partial charge in [-0.3, -0.25) is 0 Å². The van der Waals surface area contributed by atoms with Crippen LogP contribution in [0.2, 0.25) is 0 Å². The molecule has 0 bridgehead atoms. The molecule has 0 aliphatic carbocycles. The molecule has 16 rings (SSSR count). The minimum atomic E-state index is 0.0296. The highest BCUT2D eigenvalue weighted by atomic mass is 15.0. The number of fused-ring (bicyclic) bond motifs is 17. The molecule has 4 aromatic heterocycles. The third-order valence-electron chi connectivity index (χ3n) is 15.6. The summed E-state index contributed by atoms with van der Waals surface area (Å²) in [5.74, 6) is 0. The van der Waals surface area contributed by atoms with Crippen molar-refractivity contribution in [2.45, 2.75) is 0 Å². The van der Waals surface area contributed by atoms with E-state index in [0.29, 0.717) is 0 Å². The van der Waals surface area contributed by atoms with Gasteiger partial charge in [-0.05, 0) is 90.0 Å². The fraction of sp³-hybridized carbons (Fsp3) is 0. The van der Waals surface area contributed by atoms with Crippen LogP contribution >= 0.6 is 0 Å². The van der Waals surface area contributed by atoms with Gasteiger partial charge in [0.1, 0.15) is 0 Å². The van der Waals surface area contributed by atoms with Crippen LogP contribution in [0.1, 0.15) is 0 Å². The van der Waals surface area contributed by atoms with E-state index in [1.807, 2.05) is 0 Å². The van der Waals surface area contributed by atoms with E-state index in [2.05, 4.69) is 267 Å². The fourth-order valence-corrected chi connectivity index (χ4v) is 12.8. The molecule has 0 saturated carbocycles. The summed E-state index contributed by atoms with van der Waals surface area (Å²) in [6.07, 6.45) is 0. The first-order chi connectivity index (χ1) is 35.3. The Balaban J connectivity index is 1.05. The monoisotopic (exact) mass is 900 g/mol. The van der Waals surface area contributed by atoms with Crippen LogP contribution in [-0.4, -0.2) is 25.0 Å². The number of hydrogen-bond donors (Lipinski definition) is 0. The van der Waals surface area contributed by atoms with Gasteiger partial charge in [0, 0.05) is 65.8 Å². The topological polar surface area (TPSA) is 19.7 Å². The second-order valence-electron chi connectivity index (χ2n) is 19.2. The lowest BCUT2D eigenvalue weighted by Crippen LogP contribution is -2.49. The smallest absolute Gasteiger partial charge is 0.242 e. The Kier molecular flexibility index (Phi) is 7.94. The molecule has 5 heteroatoms. The van der Waals surface area contributed by atoms with Crippen LogP contribution in [0.3, 0.4) is 0 Å². The second-order valence-corrected chi connectivity index (χ2v) is 19.2. The normalized spacial score (nSPS) is 12.5. The highest BCUT2D eigenvalue weighted by Crippen LogP contribution is 2.45. The molecule has 0 saturated heterocycles. The lowest BCUT2D eigenvalue weighted by molar-refractivity contribution is 1.14. The van der Waals surface area contributed by atoms with Gasteiger partial charge in [0.15, 0.2) is 0 Å². The first-order valence-electron chi connectivity index (χ1n) is 24.6. The molecule has 0 unspecified atom stereocenters. The fourth-order valence-electron chi connectivity index (χ4n) is 12.8. The third-order valence-corrected chi connectivity index (χ3v) is 15.6. The predicted octanol–water partition coefficient (Wildman–Crippen LogP) is 14.6. The molecule has 1 aliphatic heterocycles. The Bertz CT molecular complexity index is 4410. The Morgan fingerprint density at radius 3 is 1.06 bits per heavy atom. The van der Waals surface area contributed by atoms with Gasteiger partial charge in [-0.2, -0.15) is 0 Å². The molecular formula is C66H41BN4. The highest BCUT2D eigenvalue weighted by molar-refractivity contribution is 6.99. The molecule has 5 heterocycles. The predicted molar refractivity (Wildman–Crippen MR) is 300 cm³/mol. The summed E-state index contributed by atoms with van der Waals surface area (Å²) in [6, 6.07) is 92.4. The molecule has 0 fully saturated rings. The maximum Gasteiger partial charge on any atom is 0.242 e. The van der Waals surface area contributed by atoms with Crippen LogP contribution in [0.4, 0.5) is 0 Å². The standard InChI is InChI=1S/C66H41BN4/c1-3-19-43(20-4-1)70-57-31-15-9-25-49(57)51-35-37-61-63(65(51)70)53-27-11-17-33-59(53)68(61)45-39-42(67-55-29-13-7-23-47(55)48-24-8-14-30-56(48)67)40-46(41-45)69-60-34-18-12-28-54(60)64-62(69)38-36-52-50-26-10-16-32-58(50)71(66(52)64)44-21-5-2-6-22-44/h1-41H. The summed E-state index contributed by atoms with van der Waals surface area (Å²) in [5.41, 5.74) is 20.6. The van der Waals surface area contributed by atoms with Gasteiger partial charge in [0.2, 0.25) is 6.71 Å². The number of para-hydroxylation sites is 6. The molecule has 4 nitrogen and oxygen atoms in total. The third kappa shape index (κ3) is 5.29. The van der Waals surface area contributed by atoms with Crippen LogP contribution in [0.15, 0.2) is 249 Å². The van der Waals surface area contributed by atoms with Crippen molar-refractivity contribution in [1.29, 1.82) is 0 Å². The van der Waals surface area contributed by atoms with Gasteiger partial charge in [-0.1, -0.05) is 186 Å². The average Bonchev–Trinajstić information content (AvgIpc) is 4.23. The Morgan fingerprint density at radius 2 is 0.606 bits per heavy atom. The summed E-state index contributed by atoms with van der Waals surface area (Å²) in [7, 11) is 0. The van der Waals surface area contributed by atoms with Crippen LogP contribution in [0, 0.1) is 0 Å². The molecule has 328 valence electrons. The molecule has 0 N–H and O–H groups in total. The number of hydrogen-bond acceptors (Lipinski definition) is 0. The number of benzene rings is 11. The minimum Gasteiger partial charge on any atom is -0.309 e. The van der Waals surface area contributed by atoms with E-state index in [4.69, 9.17) is 0 Å². The van der Waals surface area contributed by atoms with Crippen LogP contribution in [0.25, 0.3) is 121 Å². The number of aromatic nitrogens is 4. The van der Waals surface area contributed by atoms with Crippen molar-refractivity contribution in [1.82, 2.24) is 18.3 Å². The van der Waals surface area contributed by atoms with Crippen LogP contribution in [0.5, 0.6) is 0 Å². The zero-order valence-corrected chi connectivity index (χ0v) is 38.5. The van der Waals surface area contributed by atoms with Crippen molar-refractivity contribution >= 4 is 110 Å². The molecule has 0 radical (unpaired) electrons. The molecule has 11 aromatic carbocycles. The summed E-state index contributed by atoms with van der Waals surface area (Å²) >= 11 is 0. The van der Waals surface area contributed by atoms with Gasteiger partial charge >= 0.3 is 0 Å². The zero-order chi connectivity index (χ0) is 46.3. The Labute approximate surface area is 409 Å². The van der Waals surface area contributed by atoms with Crippen molar-refractivity contribution in [3.8, 4) is 33.9 Å². The van der Waals surface area contributed by atoms with Crippen LogP contribution in [-0.2, 0) is 0 Å². The SMILES string of the molecule is c1ccc(-n2c3ccccc3c3ccc4c(c5ccccc5n4-c4cc(B5c6ccccc6-c6ccccc65)cc(-n5c6ccccc6c6c5ccc5c7ccccc7n(-c7ccccc7)c56)c4)c32)cc1. The van der Waals surface area contributed by atoms with Crippen molar-refractivity contribution in [3.05, 3.63) is 249 Å². The lowest BCUT2D eigenvalue weighted by atomic mass is 9.39. The number of nitrogens with zero attached hydrogens (tertiary/aromatic N) is 4. The summed E-state index contributed by atoms with van der Waals surface area (Å²) in [6.45, 7) is 0.0296. The Hall–Kier alpha value is -9.32. The number of rotatable bonds is 5. The van der Waals surface area contributed by atoms with E-state index in [-0.39, 0.29) is 6.71 Å². The van der Waals surface area contributed by atoms with Crippen molar-refractivity contribution in [3.63, 3.8) is 0 Å². The van der Waals surface area contributed by atoms with Gasteiger partial charge in [-0.25, -0.2) is 0 Å². The Morgan fingerprint density at radius 1 is 0.239 bits per heavy atom.